The van der Waals surface area contributed by atoms with Gasteiger partial charge in [-0.05, 0) is 60.9 Å². The number of benzene rings is 2. The van der Waals surface area contributed by atoms with Gasteiger partial charge >= 0.3 is 5.97 Å². The van der Waals surface area contributed by atoms with Crippen LogP contribution in [0.5, 0.6) is 11.5 Å². The largest absolute Gasteiger partial charge is 0.491 e. The van der Waals surface area contributed by atoms with Crippen molar-refractivity contribution in [1.29, 1.82) is 0 Å². The van der Waals surface area contributed by atoms with Crippen molar-refractivity contribution in [2.75, 3.05) is 39.5 Å². The van der Waals surface area contributed by atoms with E-state index < -0.39 is 24.2 Å². The molecule has 7 N–H and O–H groups in total. The number of carboxylic acids is 1. The Morgan fingerprint density at radius 2 is 1.49 bits per heavy atom. The zero-order valence-electron chi connectivity index (χ0n) is 31.4. The molecule has 4 rings (SSSR count). The molecule has 2 aromatic carbocycles. The van der Waals surface area contributed by atoms with Crippen LogP contribution in [-0.4, -0.2) is 96.9 Å². The van der Waals surface area contributed by atoms with Gasteiger partial charge in [-0.2, -0.15) is 0 Å². The van der Waals surface area contributed by atoms with E-state index in [1.807, 2.05) is 38.1 Å². The maximum Gasteiger partial charge on any atom is 0.320 e. The highest BCUT2D eigenvalue weighted by Gasteiger charge is 2.21. The lowest BCUT2D eigenvalue weighted by atomic mass is 10.1. The molecule has 2 unspecified atom stereocenters. The van der Waals surface area contributed by atoms with Crippen molar-refractivity contribution in [2.45, 2.75) is 98.1 Å². The summed E-state index contributed by atoms with van der Waals surface area (Å²) in [5.41, 5.74) is 6.95. The second kappa shape index (κ2) is 23.1. The number of Topliss-reactive ketones (excluding diaryl/α,β-unsaturated/α-hetero) is 1. The highest BCUT2D eigenvalue weighted by molar-refractivity contribution is 5.97. The molecule has 1 aliphatic rings. The number of carboxylic acid groups (broad SMARTS) is 1. The molecule has 1 aromatic heterocycles. The number of rotatable bonds is 20. The van der Waals surface area contributed by atoms with E-state index in [9.17, 15) is 19.8 Å². The minimum Gasteiger partial charge on any atom is -0.491 e. The van der Waals surface area contributed by atoms with Crippen molar-refractivity contribution in [3.05, 3.63) is 59.9 Å². The number of nitrogens with two attached hydrogens (primary N) is 1. The lowest BCUT2D eigenvalue weighted by Gasteiger charge is -2.15. The molecule has 3 aromatic rings. The van der Waals surface area contributed by atoms with Crippen LogP contribution in [0.15, 0.2) is 52.9 Å². The molecule has 12 heteroatoms. The SMILES string of the molecule is CC(=O)c1cc2cccc(OCC(O)CNC(C)C)c2o1.CC(C)NCC(O)COc1ccc(CCOCC2CC2)cc1.CC(C)[C@H](N)C(=O)O. The van der Waals surface area contributed by atoms with Gasteiger partial charge in [0.15, 0.2) is 22.9 Å². The zero-order chi connectivity index (χ0) is 37.9. The number of aliphatic hydroxyl groups excluding tert-OH is 2. The van der Waals surface area contributed by atoms with Crippen molar-refractivity contribution < 1.29 is 43.5 Å². The predicted molar refractivity (Wildman–Crippen MR) is 200 cm³/mol. The summed E-state index contributed by atoms with van der Waals surface area (Å²) in [6.07, 6.45) is 2.52. The number of para-hydroxylation sites is 1. The van der Waals surface area contributed by atoms with Crippen LogP contribution >= 0.6 is 0 Å². The Kier molecular flexibility index (Phi) is 19.8. The highest BCUT2D eigenvalue weighted by Crippen LogP contribution is 2.29. The number of carbonyl (C=O) groups excluding carboxylic acids is 1. The summed E-state index contributed by atoms with van der Waals surface area (Å²) in [7, 11) is 0. The van der Waals surface area contributed by atoms with Gasteiger partial charge in [0, 0.05) is 44.1 Å². The number of ether oxygens (including phenoxy) is 3. The fourth-order valence-electron chi connectivity index (χ4n) is 4.33. The first-order valence-electron chi connectivity index (χ1n) is 17.9. The van der Waals surface area contributed by atoms with Crippen LogP contribution in [0, 0.1) is 11.8 Å². The van der Waals surface area contributed by atoms with Gasteiger partial charge in [0.25, 0.3) is 0 Å². The quantitative estimate of drug-likeness (QED) is 0.0693. The number of hydrogen-bond donors (Lipinski definition) is 6. The smallest absolute Gasteiger partial charge is 0.320 e. The van der Waals surface area contributed by atoms with Gasteiger partial charge < -0.3 is 50.3 Å². The molecule has 0 saturated heterocycles. The first kappa shape index (κ1) is 43.6. The van der Waals surface area contributed by atoms with Crippen molar-refractivity contribution in [2.24, 2.45) is 17.6 Å². The van der Waals surface area contributed by atoms with E-state index in [0.717, 1.165) is 36.7 Å². The lowest BCUT2D eigenvalue weighted by Crippen LogP contribution is -2.35. The minimum atomic E-state index is -0.931. The summed E-state index contributed by atoms with van der Waals surface area (Å²) in [5, 5.41) is 35.0. The average molecular weight is 716 g/mol. The Bertz CT molecular complexity index is 1420. The third kappa shape index (κ3) is 18.5. The second-order valence-electron chi connectivity index (χ2n) is 13.9. The molecule has 51 heavy (non-hydrogen) atoms. The van der Waals surface area contributed by atoms with Crippen LogP contribution in [-0.2, 0) is 16.0 Å². The van der Waals surface area contributed by atoms with Gasteiger partial charge in [0.2, 0.25) is 0 Å². The molecule has 0 aliphatic heterocycles. The van der Waals surface area contributed by atoms with E-state index in [-0.39, 0.29) is 18.3 Å². The summed E-state index contributed by atoms with van der Waals surface area (Å²) in [6, 6.07) is 15.2. The van der Waals surface area contributed by atoms with E-state index in [1.54, 1.807) is 26.0 Å². The van der Waals surface area contributed by atoms with Gasteiger partial charge in [-0.25, -0.2) is 0 Å². The predicted octanol–water partition coefficient (Wildman–Crippen LogP) is 4.82. The topological polar surface area (TPSA) is 186 Å². The molecule has 0 bridgehead atoms. The fraction of sp³-hybridized carbons (Fsp3) is 0.590. The van der Waals surface area contributed by atoms with E-state index in [2.05, 4.69) is 36.6 Å². The van der Waals surface area contributed by atoms with Crippen LogP contribution in [0.3, 0.4) is 0 Å². The molecule has 3 atom stereocenters. The molecule has 286 valence electrons. The normalized spacial score (nSPS) is 14.4. The second-order valence-corrected chi connectivity index (χ2v) is 13.9. The van der Waals surface area contributed by atoms with Crippen molar-refractivity contribution in [1.82, 2.24) is 10.6 Å². The third-order valence-electron chi connectivity index (χ3n) is 7.76. The molecule has 1 aliphatic carbocycles. The summed E-state index contributed by atoms with van der Waals surface area (Å²) in [4.78, 5) is 21.4. The van der Waals surface area contributed by atoms with Crippen molar-refractivity contribution in [3.8, 4) is 11.5 Å². The van der Waals surface area contributed by atoms with Crippen LogP contribution in [0.4, 0.5) is 0 Å². The highest BCUT2D eigenvalue weighted by atomic mass is 16.5. The van der Waals surface area contributed by atoms with E-state index in [4.69, 9.17) is 29.5 Å². The standard InChI is InChI=1S/C18H29NO3.C16H21NO4.C5H11NO2/c1-14(2)19-11-17(20)13-22-18-7-5-15(6-8-18)9-10-21-12-16-3-4-16;1-10(2)17-8-13(19)9-20-14-6-4-5-12-7-15(11(3)18)21-16(12)14;1-3(2)4(6)5(7)8/h5-8,14,16-17,19-20H,3-4,9-13H2,1-2H3;4-7,10,13,17,19H,8-9H2,1-3H3;3-4H,6H2,1-2H3,(H,7,8)/t;;4-/m..0/s1. The Morgan fingerprint density at radius 1 is 0.902 bits per heavy atom. The monoisotopic (exact) mass is 715 g/mol. The Morgan fingerprint density at radius 3 is 1.98 bits per heavy atom. The lowest BCUT2D eigenvalue weighted by molar-refractivity contribution is -0.139. The minimum absolute atomic E-state index is 0.0208. The molecule has 12 nitrogen and oxygen atoms in total. The third-order valence-corrected chi connectivity index (χ3v) is 7.76. The number of nitrogens with one attached hydrogen (secondary N) is 2. The van der Waals surface area contributed by atoms with Crippen LogP contribution in [0.25, 0.3) is 11.0 Å². The number of fused-ring (bicyclic) bond motifs is 1. The van der Waals surface area contributed by atoms with Gasteiger partial charge in [0.05, 0.1) is 6.61 Å². The molecule has 0 radical (unpaired) electrons. The maximum absolute atomic E-state index is 11.4. The van der Waals surface area contributed by atoms with Crippen LogP contribution in [0.1, 0.15) is 77.4 Å². The Balaban J connectivity index is 0.000000293. The Hall–Kier alpha value is -3.52. The number of furan rings is 1. The number of carbonyl (C=O) groups is 2. The van der Waals surface area contributed by atoms with Gasteiger partial charge in [-0.1, -0.05) is 65.8 Å². The molecular formula is C39H61N3O9. The zero-order valence-corrected chi connectivity index (χ0v) is 31.4. The van der Waals surface area contributed by atoms with Crippen LogP contribution < -0.4 is 25.8 Å². The average Bonchev–Trinajstić information content (AvgIpc) is 3.81. The van der Waals surface area contributed by atoms with E-state index in [1.165, 1.54) is 25.3 Å². The van der Waals surface area contributed by atoms with Gasteiger partial charge in [-0.3, -0.25) is 9.59 Å². The molecule has 0 amide bonds. The van der Waals surface area contributed by atoms with Crippen LogP contribution in [0.2, 0.25) is 0 Å². The fourth-order valence-corrected chi connectivity index (χ4v) is 4.33. The molecule has 0 spiro atoms. The van der Waals surface area contributed by atoms with E-state index >= 15 is 0 Å². The first-order valence-corrected chi connectivity index (χ1v) is 17.9. The maximum atomic E-state index is 11.4. The molecule has 1 fully saturated rings. The molecular weight excluding hydrogens is 654 g/mol. The summed E-state index contributed by atoms with van der Waals surface area (Å²) in [6.45, 7) is 16.3. The first-order chi connectivity index (χ1) is 24.2. The van der Waals surface area contributed by atoms with Gasteiger partial charge in [-0.15, -0.1) is 0 Å². The number of hydrogen-bond acceptors (Lipinski definition) is 11. The van der Waals surface area contributed by atoms with Crippen molar-refractivity contribution >= 4 is 22.7 Å². The number of aliphatic hydroxyl groups is 2. The van der Waals surface area contributed by atoms with Gasteiger partial charge in [0.1, 0.15) is 37.2 Å². The summed E-state index contributed by atoms with van der Waals surface area (Å²) < 4.78 is 22.4. The van der Waals surface area contributed by atoms with Crippen molar-refractivity contribution in [3.63, 3.8) is 0 Å². The Labute approximate surface area is 303 Å². The summed E-state index contributed by atoms with van der Waals surface area (Å²) >= 11 is 0. The number of aliphatic carboxylic acids is 1. The van der Waals surface area contributed by atoms with E-state index in [0.29, 0.717) is 48.9 Å². The number of ketones is 1. The molecule has 1 saturated carbocycles. The summed E-state index contributed by atoms with van der Waals surface area (Å²) in [5.74, 6) is 1.43. The molecule has 1 heterocycles.